The van der Waals surface area contributed by atoms with Crippen LogP contribution < -0.4 is 10.5 Å². The quantitative estimate of drug-likeness (QED) is 0.841. The molecule has 0 saturated heterocycles. The molecular formula is C14H10F4N2O3. The molecule has 1 heterocycles. The van der Waals surface area contributed by atoms with Crippen LogP contribution in [0.1, 0.15) is 16.1 Å². The standard InChI is InChI=1S/C14H10F4N2O3/c1-5-10(19)9(16)12(20-11(5)13(21)22)7-3-2-6(4-8(7)15)23-14(17)18/h2-4,14H,1H3,(H2,19,20)(H,21,22). The highest BCUT2D eigenvalue weighted by Crippen LogP contribution is 2.32. The van der Waals surface area contributed by atoms with Gasteiger partial charge in [0.25, 0.3) is 0 Å². The summed E-state index contributed by atoms with van der Waals surface area (Å²) in [5, 5.41) is 9.03. The van der Waals surface area contributed by atoms with Gasteiger partial charge in [0.1, 0.15) is 17.3 Å². The Morgan fingerprint density at radius 1 is 1.35 bits per heavy atom. The Balaban J connectivity index is 2.60. The number of aromatic nitrogens is 1. The van der Waals surface area contributed by atoms with Crippen LogP contribution in [0.25, 0.3) is 11.3 Å². The Bertz CT molecular complexity index is 781. The largest absolute Gasteiger partial charge is 0.477 e. The molecule has 0 spiro atoms. The smallest absolute Gasteiger partial charge is 0.387 e. The lowest BCUT2D eigenvalue weighted by molar-refractivity contribution is -0.0499. The van der Waals surface area contributed by atoms with Crippen molar-refractivity contribution >= 4 is 11.7 Å². The average Bonchev–Trinajstić information content (AvgIpc) is 2.45. The summed E-state index contributed by atoms with van der Waals surface area (Å²) in [5.41, 5.74) is 3.29. The van der Waals surface area contributed by atoms with E-state index >= 15 is 0 Å². The fourth-order valence-electron chi connectivity index (χ4n) is 1.92. The van der Waals surface area contributed by atoms with Gasteiger partial charge in [0.2, 0.25) is 0 Å². The second-order valence-electron chi connectivity index (χ2n) is 4.49. The summed E-state index contributed by atoms with van der Waals surface area (Å²) in [5.74, 6) is -4.16. The number of hydrogen-bond acceptors (Lipinski definition) is 4. The van der Waals surface area contributed by atoms with Crippen molar-refractivity contribution in [3.8, 4) is 17.0 Å². The van der Waals surface area contributed by atoms with Gasteiger partial charge in [-0.05, 0) is 19.1 Å². The van der Waals surface area contributed by atoms with E-state index < -0.39 is 52.6 Å². The van der Waals surface area contributed by atoms with E-state index in [-0.39, 0.29) is 5.56 Å². The summed E-state index contributed by atoms with van der Waals surface area (Å²) in [4.78, 5) is 14.7. The minimum absolute atomic E-state index is 0.100. The van der Waals surface area contributed by atoms with Gasteiger partial charge in [0, 0.05) is 17.2 Å². The molecule has 5 nitrogen and oxygen atoms in total. The third kappa shape index (κ3) is 3.17. The molecule has 9 heteroatoms. The maximum atomic E-state index is 14.2. The molecule has 3 N–H and O–H groups in total. The summed E-state index contributed by atoms with van der Waals surface area (Å²) in [6, 6.07) is 2.53. The predicted octanol–water partition coefficient (Wildman–Crippen LogP) is 3.22. The van der Waals surface area contributed by atoms with Gasteiger partial charge in [-0.1, -0.05) is 0 Å². The van der Waals surface area contributed by atoms with E-state index in [1.54, 1.807) is 0 Å². The minimum Gasteiger partial charge on any atom is -0.477 e. The van der Waals surface area contributed by atoms with Crippen LogP contribution in [-0.2, 0) is 0 Å². The number of carboxylic acids is 1. The Morgan fingerprint density at radius 2 is 2.00 bits per heavy atom. The Kier molecular flexibility index (Phi) is 4.39. The SMILES string of the molecule is Cc1c(C(=O)O)nc(-c2ccc(OC(F)F)cc2F)c(F)c1N. The molecule has 0 bridgehead atoms. The molecule has 0 amide bonds. The number of pyridine rings is 1. The van der Waals surface area contributed by atoms with Gasteiger partial charge in [0.15, 0.2) is 11.5 Å². The first kappa shape index (κ1) is 16.5. The van der Waals surface area contributed by atoms with E-state index in [2.05, 4.69) is 9.72 Å². The molecule has 1 aromatic carbocycles. The number of nitrogens with zero attached hydrogens (tertiary/aromatic N) is 1. The van der Waals surface area contributed by atoms with Crippen molar-refractivity contribution in [2.24, 2.45) is 0 Å². The second kappa shape index (κ2) is 6.11. The number of hydrogen-bond donors (Lipinski definition) is 2. The number of nitrogen functional groups attached to an aromatic ring is 1. The van der Waals surface area contributed by atoms with Crippen LogP contribution in [0.5, 0.6) is 5.75 Å². The number of nitrogens with two attached hydrogens (primary N) is 1. The monoisotopic (exact) mass is 330 g/mol. The maximum absolute atomic E-state index is 14.2. The molecule has 0 atom stereocenters. The lowest BCUT2D eigenvalue weighted by Crippen LogP contribution is -2.11. The highest BCUT2D eigenvalue weighted by Gasteiger charge is 2.22. The topological polar surface area (TPSA) is 85.4 Å². The molecule has 122 valence electrons. The van der Waals surface area contributed by atoms with E-state index in [1.165, 1.54) is 6.92 Å². The molecule has 0 aliphatic rings. The van der Waals surface area contributed by atoms with Crippen molar-refractivity contribution < 1.29 is 32.2 Å². The Labute approximate surface area is 127 Å². The third-order valence-corrected chi connectivity index (χ3v) is 3.05. The summed E-state index contributed by atoms with van der Waals surface area (Å²) in [7, 11) is 0. The van der Waals surface area contributed by atoms with Crippen molar-refractivity contribution in [1.29, 1.82) is 0 Å². The highest BCUT2D eigenvalue weighted by molar-refractivity contribution is 5.90. The number of alkyl halides is 2. The number of ether oxygens (including phenoxy) is 1. The summed E-state index contributed by atoms with van der Waals surface area (Å²) in [6.07, 6.45) is 0. The second-order valence-corrected chi connectivity index (χ2v) is 4.49. The highest BCUT2D eigenvalue weighted by atomic mass is 19.3. The van der Waals surface area contributed by atoms with E-state index in [4.69, 9.17) is 10.8 Å². The predicted molar refractivity (Wildman–Crippen MR) is 72.3 cm³/mol. The molecule has 0 radical (unpaired) electrons. The van der Waals surface area contributed by atoms with Crippen molar-refractivity contribution in [3.05, 3.63) is 41.1 Å². The van der Waals surface area contributed by atoms with Gasteiger partial charge < -0.3 is 15.6 Å². The Hall–Kier alpha value is -2.84. The number of carboxylic acid groups (broad SMARTS) is 1. The first-order chi connectivity index (χ1) is 10.7. The molecule has 2 aromatic rings. The van der Waals surface area contributed by atoms with Crippen molar-refractivity contribution in [3.63, 3.8) is 0 Å². The normalized spacial score (nSPS) is 10.9. The lowest BCUT2D eigenvalue weighted by atomic mass is 10.1. The summed E-state index contributed by atoms with van der Waals surface area (Å²) < 4.78 is 56.4. The zero-order chi connectivity index (χ0) is 17.3. The van der Waals surface area contributed by atoms with E-state index in [0.29, 0.717) is 6.07 Å². The van der Waals surface area contributed by atoms with E-state index in [9.17, 15) is 22.4 Å². The van der Waals surface area contributed by atoms with Gasteiger partial charge in [-0.3, -0.25) is 0 Å². The van der Waals surface area contributed by atoms with Crippen molar-refractivity contribution in [1.82, 2.24) is 4.98 Å². The average molecular weight is 330 g/mol. The molecule has 0 saturated carbocycles. The van der Waals surface area contributed by atoms with E-state index in [0.717, 1.165) is 12.1 Å². The fraction of sp³-hybridized carbons (Fsp3) is 0.143. The minimum atomic E-state index is -3.15. The number of halogens is 4. The fourth-order valence-corrected chi connectivity index (χ4v) is 1.92. The molecule has 2 rings (SSSR count). The Morgan fingerprint density at radius 3 is 2.52 bits per heavy atom. The zero-order valence-electron chi connectivity index (χ0n) is 11.6. The van der Waals surface area contributed by atoms with Crippen LogP contribution in [0.3, 0.4) is 0 Å². The van der Waals surface area contributed by atoms with Crippen LogP contribution in [0.4, 0.5) is 23.2 Å². The van der Waals surface area contributed by atoms with Crippen LogP contribution in [-0.4, -0.2) is 22.7 Å². The van der Waals surface area contributed by atoms with Gasteiger partial charge in [-0.2, -0.15) is 8.78 Å². The number of benzene rings is 1. The van der Waals surface area contributed by atoms with Crippen LogP contribution >= 0.6 is 0 Å². The molecular weight excluding hydrogens is 320 g/mol. The molecule has 0 aliphatic heterocycles. The molecule has 23 heavy (non-hydrogen) atoms. The van der Waals surface area contributed by atoms with Gasteiger partial charge in [-0.15, -0.1) is 0 Å². The number of rotatable bonds is 4. The molecule has 1 aromatic heterocycles. The van der Waals surface area contributed by atoms with Crippen LogP contribution in [0.15, 0.2) is 18.2 Å². The molecule has 0 unspecified atom stereocenters. The van der Waals surface area contributed by atoms with E-state index in [1.807, 2.05) is 0 Å². The number of aromatic carboxylic acids is 1. The molecule has 0 fully saturated rings. The van der Waals surface area contributed by atoms with Crippen LogP contribution in [0, 0.1) is 18.6 Å². The zero-order valence-corrected chi connectivity index (χ0v) is 11.6. The summed E-state index contributed by atoms with van der Waals surface area (Å²) >= 11 is 0. The summed E-state index contributed by atoms with van der Waals surface area (Å²) in [6.45, 7) is -1.89. The molecule has 0 aliphatic carbocycles. The first-order valence-corrected chi connectivity index (χ1v) is 6.16. The number of carbonyl (C=O) groups is 1. The lowest BCUT2D eigenvalue weighted by Gasteiger charge is -2.12. The van der Waals surface area contributed by atoms with Gasteiger partial charge in [0.05, 0.1) is 5.69 Å². The van der Waals surface area contributed by atoms with Crippen molar-refractivity contribution in [2.75, 3.05) is 5.73 Å². The maximum Gasteiger partial charge on any atom is 0.387 e. The number of anilines is 1. The van der Waals surface area contributed by atoms with Crippen molar-refractivity contribution in [2.45, 2.75) is 13.5 Å². The van der Waals surface area contributed by atoms with Gasteiger partial charge in [-0.25, -0.2) is 18.6 Å². The first-order valence-electron chi connectivity index (χ1n) is 6.16. The van der Waals surface area contributed by atoms with Gasteiger partial charge >= 0.3 is 12.6 Å². The van der Waals surface area contributed by atoms with Crippen LogP contribution in [0.2, 0.25) is 0 Å². The third-order valence-electron chi connectivity index (χ3n) is 3.05.